The minimum absolute atomic E-state index is 0.00626. The first-order chi connectivity index (χ1) is 9.12. The molecule has 4 nitrogen and oxygen atoms in total. The predicted octanol–water partition coefficient (Wildman–Crippen LogP) is 1.88. The lowest BCUT2D eigenvalue weighted by atomic mass is 9.96. The summed E-state index contributed by atoms with van der Waals surface area (Å²) in [4.78, 5) is 0. The molecule has 1 aromatic rings. The van der Waals surface area contributed by atoms with E-state index in [2.05, 4.69) is 12.3 Å². The van der Waals surface area contributed by atoms with Gasteiger partial charge in [-0.1, -0.05) is 19.1 Å². The first kappa shape index (κ1) is 15.9. The van der Waals surface area contributed by atoms with Crippen molar-refractivity contribution in [3.63, 3.8) is 0 Å². The van der Waals surface area contributed by atoms with Crippen molar-refractivity contribution in [3.8, 4) is 5.75 Å². The molecule has 0 amide bonds. The number of methoxy groups -OCH3 is 2. The fraction of sp³-hybridized carbons (Fsp3) is 0.571. The monoisotopic (exact) mass is 270 g/mol. The van der Waals surface area contributed by atoms with Gasteiger partial charge in [0.05, 0.1) is 7.11 Å². The molecule has 0 radical (unpaired) electrons. The SMILES string of the molecule is COCC(C)CC(Cc1cccc(OC)c1F)NN. The van der Waals surface area contributed by atoms with Crippen LogP contribution in [0.3, 0.4) is 0 Å². The number of halogens is 1. The van der Waals surface area contributed by atoms with Crippen molar-refractivity contribution in [2.75, 3.05) is 20.8 Å². The van der Waals surface area contributed by atoms with Crippen molar-refractivity contribution in [3.05, 3.63) is 29.6 Å². The van der Waals surface area contributed by atoms with E-state index >= 15 is 0 Å². The van der Waals surface area contributed by atoms with Crippen LogP contribution in [0.25, 0.3) is 0 Å². The number of rotatable bonds is 8. The van der Waals surface area contributed by atoms with Crippen LogP contribution >= 0.6 is 0 Å². The van der Waals surface area contributed by atoms with Gasteiger partial charge in [-0.3, -0.25) is 11.3 Å². The molecule has 0 bridgehead atoms. The molecule has 0 saturated heterocycles. The van der Waals surface area contributed by atoms with Crippen molar-refractivity contribution in [2.24, 2.45) is 11.8 Å². The van der Waals surface area contributed by atoms with Gasteiger partial charge < -0.3 is 9.47 Å². The number of benzene rings is 1. The quantitative estimate of drug-likeness (QED) is 0.559. The van der Waals surface area contributed by atoms with Gasteiger partial charge in [-0.05, 0) is 30.4 Å². The average Bonchev–Trinajstić information content (AvgIpc) is 2.40. The summed E-state index contributed by atoms with van der Waals surface area (Å²) in [5, 5.41) is 0. The van der Waals surface area contributed by atoms with Gasteiger partial charge in [-0.15, -0.1) is 0 Å². The third-order valence-corrected chi connectivity index (χ3v) is 3.10. The lowest BCUT2D eigenvalue weighted by molar-refractivity contribution is 0.149. The smallest absolute Gasteiger partial charge is 0.168 e. The third-order valence-electron chi connectivity index (χ3n) is 3.10. The van der Waals surface area contributed by atoms with Crippen LogP contribution in [0, 0.1) is 11.7 Å². The summed E-state index contributed by atoms with van der Waals surface area (Å²) in [6, 6.07) is 5.15. The van der Waals surface area contributed by atoms with E-state index in [1.165, 1.54) is 7.11 Å². The Labute approximate surface area is 114 Å². The lowest BCUT2D eigenvalue weighted by Crippen LogP contribution is -2.38. The Balaban J connectivity index is 2.70. The van der Waals surface area contributed by atoms with E-state index in [0.29, 0.717) is 24.5 Å². The number of hydrazine groups is 1. The highest BCUT2D eigenvalue weighted by Crippen LogP contribution is 2.22. The molecule has 5 heteroatoms. The van der Waals surface area contributed by atoms with E-state index in [0.717, 1.165) is 6.42 Å². The molecule has 0 aromatic heterocycles. The van der Waals surface area contributed by atoms with E-state index in [9.17, 15) is 4.39 Å². The van der Waals surface area contributed by atoms with Crippen LogP contribution in [-0.2, 0) is 11.2 Å². The normalized spacial score (nSPS) is 14.2. The van der Waals surface area contributed by atoms with Crippen LogP contribution in [0.1, 0.15) is 18.9 Å². The molecule has 0 aliphatic heterocycles. The molecule has 3 N–H and O–H groups in total. The van der Waals surface area contributed by atoms with Gasteiger partial charge in [0.2, 0.25) is 0 Å². The van der Waals surface area contributed by atoms with Gasteiger partial charge in [0.15, 0.2) is 11.6 Å². The summed E-state index contributed by atoms with van der Waals surface area (Å²) >= 11 is 0. The second-order valence-corrected chi connectivity index (χ2v) is 4.80. The van der Waals surface area contributed by atoms with Crippen molar-refractivity contribution in [2.45, 2.75) is 25.8 Å². The molecule has 0 aliphatic carbocycles. The Hall–Kier alpha value is -1.17. The number of nitrogens with two attached hydrogens (primary N) is 1. The average molecular weight is 270 g/mol. The summed E-state index contributed by atoms with van der Waals surface area (Å²) in [5.74, 6) is 5.85. The van der Waals surface area contributed by atoms with E-state index in [1.807, 2.05) is 0 Å². The van der Waals surface area contributed by atoms with Gasteiger partial charge in [-0.25, -0.2) is 4.39 Å². The largest absolute Gasteiger partial charge is 0.494 e. The molecule has 2 atom stereocenters. The Morgan fingerprint density at radius 1 is 1.37 bits per heavy atom. The predicted molar refractivity (Wildman–Crippen MR) is 73.4 cm³/mol. The standard InChI is InChI=1S/C14H23FN2O2/c1-10(9-18-2)7-12(17-16)8-11-5-4-6-13(19-3)14(11)15/h4-6,10,12,17H,7-9,16H2,1-3H3. The summed E-state index contributed by atoms with van der Waals surface area (Å²) in [6.07, 6.45) is 1.34. The van der Waals surface area contributed by atoms with Gasteiger partial charge in [0, 0.05) is 19.8 Å². The molecule has 2 unspecified atom stereocenters. The molecular formula is C14H23FN2O2. The van der Waals surface area contributed by atoms with Crippen LogP contribution in [0.2, 0.25) is 0 Å². The van der Waals surface area contributed by atoms with Crippen LogP contribution in [0.15, 0.2) is 18.2 Å². The van der Waals surface area contributed by atoms with Gasteiger partial charge in [0.25, 0.3) is 0 Å². The Morgan fingerprint density at radius 2 is 2.11 bits per heavy atom. The molecule has 0 heterocycles. The highest BCUT2D eigenvalue weighted by Gasteiger charge is 2.16. The molecule has 0 aliphatic rings. The maximum atomic E-state index is 14.0. The van der Waals surface area contributed by atoms with Crippen LogP contribution < -0.4 is 16.0 Å². The maximum Gasteiger partial charge on any atom is 0.168 e. The lowest BCUT2D eigenvalue weighted by Gasteiger charge is -2.20. The van der Waals surface area contributed by atoms with Crippen LogP contribution in [0.5, 0.6) is 5.75 Å². The molecule has 1 aromatic carbocycles. The summed E-state index contributed by atoms with van der Waals surface area (Å²) in [5.41, 5.74) is 3.35. The molecule has 108 valence electrons. The van der Waals surface area contributed by atoms with Crippen molar-refractivity contribution < 1.29 is 13.9 Å². The van der Waals surface area contributed by atoms with Gasteiger partial charge >= 0.3 is 0 Å². The Bertz CT molecular complexity index is 388. The Kier molecular flexibility index (Phi) is 6.77. The van der Waals surface area contributed by atoms with E-state index in [4.69, 9.17) is 15.3 Å². The number of hydrogen-bond acceptors (Lipinski definition) is 4. The highest BCUT2D eigenvalue weighted by atomic mass is 19.1. The zero-order valence-corrected chi connectivity index (χ0v) is 11.8. The number of hydrogen-bond donors (Lipinski definition) is 2. The Morgan fingerprint density at radius 3 is 2.68 bits per heavy atom. The maximum absolute atomic E-state index is 14.0. The zero-order valence-electron chi connectivity index (χ0n) is 11.8. The summed E-state index contributed by atoms with van der Waals surface area (Å²) in [6.45, 7) is 2.74. The molecular weight excluding hydrogens is 247 g/mol. The molecule has 0 saturated carbocycles. The first-order valence-corrected chi connectivity index (χ1v) is 6.38. The van der Waals surface area contributed by atoms with Gasteiger partial charge in [0.1, 0.15) is 0 Å². The number of nitrogens with one attached hydrogen (secondary N) is 1. The van der Waals surface area contributed by atoms with Crippen molar-refractivity contribution in [1.29, 1.82) is 0 Å². The minimum Gasteiger partial charge on any atom is -0.494 e. The molecule has 19 heavy (non-hydrogen) atoms. The van der Waals surface area contributed by atoms with Crippen LogP contribution in [0.4, 0.5) is 4.39 Å². The minimum atomic E-state index is -0.315. The molecule has 0 spiro atoms. The fourth-order valence-corrected chi connectivity index (χ4v) is 2.19. The second kappa shape index (κ2) is 8.09. The zero-order chi connectivity index (χ0) is 14.3. The fourth-order valence-electron chi connectivity index (χ4n) is 2.19. The molecule has 0 fully saturated rings. The molecule has 1 rings (SSSR count). The second-order valence-electron chi connectivity index (χ2n) is 4.80. The first-order valence-electron chi connectivity index (χ1n) is 6.38. The third kappa shape index (κ3) is 4.78. The summed E-state index contributed by atoms with van der Waals surface area (Å²) in [7, 11) is 3.13. The van der Waals surface area contributed by atoms with Crippen molar-refractivity contribution in [1.82, 2.24) is 5.43 Å². The summed E-state index contributed by atoms with van der Waals surface area (Å²) < 4.78 is 24.1. The highest BCUT2D eigenvalue weighted by molar-refractivity contribution is 5.31. The number of ether oxygens (including phenoxy) is 2. The topological polar surface area (TPSA) is 56.5 Å². The van der Waals surface area contributed by atoms with Gasteiger partial charge in [-0.2, -0.15) is 0 Å². The van der Waals surface area contributed by atoms with E-state index < -0.39 is 0 Å². The van der Waals surface area contributed by atoms with Crippen molar-refractivity contribution >= 4 is 0 Å². The van der Waals surface area contributed by atoms with E-state index in [1.54, 1.807) is 25.3 Å². The van der Waals surface area contributed by atoms with E-state index in [-0.39, 0.29) is 17.6 Å². The van der Waals surface area contributed by atoms with Crippen LogP contribution in [-0.4, -0.2) is 26.9 Å².